The third-order valence-corrected chi connectivity index (χ3v) is 4.18. The fraction of sp³-hybridized carbons (Fsp3) is 0.333. The number of amides is 3. The van der Waals surface area contributed by atoms with Gasteiger partial charge in [-0.05, 0) is 23.3 Å². The molecule has 0 bridgehead atoms. The molecule has 1 aromatic rings. The Morgan fingerprint density at radius 3 is 2.30 bits per heavy atom. The Bertz CT molecular complexity index is 825. The molecule has 1 aromatic carbocycles. The smallest absolute Gasteiger partial charge is 0.330 e. The number of ether oxygens (including phenoxy) is 3. The SMILES string of the molecule is COCCOc1ccc(/C(=C/C(=O)OC)CC(=O)NCCN2C(=O)C=CC2=O)cc1. The number of hydrogen-bond acceptors (Lipinski definition) is 7. The molecule has 3 amide bonds. The molecule has 0 atom stereocenters. The first kappa shape index (κ1) is 22.8. The molecule has 30 heavy (non-hydrogen) atoms. The van der Waals surface area contributed by atoms with Gasteiger partial charge in [0, 0.05) is 38.4 Å². The Morgan fingerprint density at radius 1 is 1.03 bits per heavy atom. The number of rotatable bonds is 11. The predicted octanol–water partition coefficient (Wildman–Crippen LogP) is 0.700. The fourth-order valence-corrected chi connectivity index (χ4v) is 2.64. The Balaban J connectivity index is 1.96. The molecule has 160 valence electrons. The Kier molecular flexibility index (Phi) is 8.76. The Morgan fingerprint density at radius 2 is 1.70 bits per heavy atom. The zero-order valence-electron chi connectivity index (χ0n) is 16.9. The summed E-state index contributed by atoms with van der Waals surface area (Å²) in [5, 5.41) is 2.64. The average Bonchev–Trinajstić information content (AvgIpc) is 3.06. The lowest BCUT2D eigenvalue weighted by molar-refractivity contribution is -0.137. The van der Waals surface area contributed by atoms with Crippen molar-refractivity contribution >= 4 is 29.3 Å². The normalized spacial score (nSPS) is 13.5. The largest absolute Gasteiger partial charge is 0.491 e. The molecule has 0 aromatic heterocycles. The fourth-order valence-electron chi connectivity index (χ4n) is 2.64. The van der Waals surface area contributed by atoms with Crippen LogP contribution in [0.25, 0.3) is 5.57 Å². The lowest BCUT2D eigenvalue weighted by Crippen LogP contribution is -2.38. The zero-order chi connectivity index (χ0) is 21.9. The molecule has 0 aliphatic carbocycles. The standard InChI is InChI=1S/C21H24N2O7/c1-28-11-12-30-17-5-3-15(4-6-17)16(14-21(27)29-2)13-18(24)22-9-10-23-19(25)7-8-20(23)26/h3-8,14H,9-13H2,1-2H3,(H,22,24)/b16-14+. The molecule has 0 fully saturated rings. The summed E-state index contributed by atoms with van der Waals surface area (Å²) < 4.78 is 15.1. The monoisotopic (exact) mass is 416 g/mol. The van der Waals surface area contributed by atoms with Crippen LogP contribution >= 0.6 is 0 Å². The van der Waals surface area contributed by atoms with Gasteiger partial charge in [-0.3, -0.25) is 19.3 Å². The van der Waals surface area contributed by atoms with E-state index in [9.17, 15) is 19.2 Å². The van der Waals surface area contributed by atoms with Crippen molar-refractivity contribution in [2.24, 2.45) is 0 Å². The van der Waals surface area contributed by atoms with Gasteiger partial charge in [-0.1, -0.05) is 12.1 Å². The summed E-state index contributed by atoms with van der Waals surface area (Å²) in [4.78, 5) is 48.1. The third-order valence-electron chi connectivity index (χ3n) is 4.18. The summed E-state index contributed by atoms with van der Waals surface area (Å²) in [7, 11) is 2.83. The first-order valence-corrected chi connectivity index (χ1v) is 9.25. The van der Waals surface area contributed by atoms with Gasteiger partial charge in [0.15, 0.2) is 0 Å². The molecule has 1 N–H and O–H groups in total. The second-order valence-electron chi connectivity index (χ2n) is 6.25. The van der Waals surface area contributed by atoms with E-state index in [0.717, 1.165) is 4.90 Å². The molecule has 0 saturated carbocycles. The van der Waals surface area contributed by atoms with Gasteiger partial charge in [0.1, 0.15) is 12.4 Å². The summed E-state index contributed by atoms with van der Waals surface area (Å²) in [5.41, 5.74) is 1.11. The van der Waals surface area contributed by atoms with E-state index in [-0.39, 0.29) is 25.4 Å². The first-order valence-electron chi connectivity index (χ1n) is 9.25. The van der Waals surface area contributed by atoms with Gasteiger partial charge >= 0.3 is 5.97 Å². The number of imide groups is 1. The quantitative estimate of drug-likeness (QED) is 0.245. The van der Waals surface area contributed by atoms with Crippen LogP contribution in [0.3, 0.4) is 0 Å². The molecule has 2 rings (SSSR count). The highest BCUT2D eigenvalue weighted by Crippen LogP contribution is 2.22. The minimum Gasteiger partial charge on any atom is -0.491 e. The zero-order valence-corrected chi connectivity index (χ0v) is 16.9. The van der Waals surface area contributed by atoms with Crippen LogP contribution in [0.5, 0.6) is 5.75 Å². The van der Waals surface area contributed by atoms with Crippen molar-refractivity contribution in [1.82, 2.24) is 10.2 Å². The summed E-state index contributed by atoms with van der Waals surface area (Å²) in [5.74, 6) is -1.14. The molecule has 9 heteroatoms. The van der Waals surface area contributed by atoms with E-state index in [1.165, 1.54) is 25.3 Å². The van der Waals surface area contributed by atoms with Gasteiger partial charge in [-0.15, -0.1) is 0 Å². The molecule has 0 radical (unpaired) electrons. The summed E-state index contributed by atoms with van der Waals surface area (Å²) >= 11 is 0. The van der Waals surface area contributed by atoms with Crippen molar-refractivity contribution in [1.29, 1.82) is 0 Å². The number of nitrogens with one attached hydrogen (secondary N) is 1. The van der Waals surface area contributed by atoms with Crippen LogP contribution in [0, 0.1) is 0 Å². The van der Waals surface area contributed by atoms with Gasteiger partial charge in [-0.25, -0.2) is 4.79 Å². The molecule has 0 saturated heterocycles. The van der Waals surface area contributed by atoms with E-state index >= 15 is 0 Å². The molecule has 0 unspecified atom stereocenters. The number of benzene rings is 1. The minimum absolute atomic E-state index is 0.0694. The van der Waals surface area contributed by atoms with Crippen LogP contribution in [0.2, 0.25) is 0 Å². The van der Waals surface area contributed by atoms with Crippen LogP contribution in [-0.2, 0) is 28.7 Å². The number of methoxy groups -OCH3 is 2. The highest BCUT2D eigenvalue weighted by molar-refractivity contribution is 6.12. The van der Waals surface area contributed by atoms with E-state index in [1.807, 2.05) is 0 Å². The van der Waals surface area contributed by atoms with Crippen molar-refractivity contribution in [2.45, 2.75) is 6.42 Å². The maximum Gasteiger partial charge on any atom is 0.330 e. The molecule has 1 heterocycles. The van der Waals surface area contributed by atoms with Crippen molar-refractivity contribution in [3.05, 3.63) is 48.1 Å². The second kappa shape index (κ2) is 11.5. The van der Waals surface area contributed by atoms with E-state index in [4.69, 9.17) is 9.47 Å². The van der Waals surface area contributed by atoms with Crippen LogP contribution in [0.4, 0.5) is 0 Å². The second-order valence-corrected chi connectivity index (χ2v) is 6.25. The van der Waals surface area contributed by atoms with Crippen LogP contribution < -0.4 is 10.1 Å². The van der Waals surface area contributed by atoms with Gasteiger partial charge < -0.3 is 19.5 Å². The van der Waals surface area contributed by atoms with Crippen molar-refractivity contribution in [3.63, 3.8) is 0 Å². The lowest BCUT2D eigenvalue weighted by Gasteiger charge is -2.14. The highest BCUT2D eigenvalue weighted by Gasteiger charge is 2.22. The molecular weight excluding hydrogens is 392 g/mol. The highest BCUT2D eigenvalue weighted by atomic mass is 16.5. The number of carbonyl (C=O) groups is 4. The number of carbonyl (C=O) groups excluding carboxylic acids is 4. The maximum absolute atomic E-state index is 12.3. The van der Waals surface area contributed by atoms with Gasteiger partial charge in [0.25, 0.3) is 11.8 Å². The number of esters is 1. The van der Waals surface area contributed by atoms with Gasteiger partial charge in [0.2, 0.25) is 5.91 Å². The molecule has 1 aliphatic rings. The molecular formula is C21H24N2O7. The average molecular weight is 416 g/mol. The van der Waals surface area contributed by atoms with E-state index < -0.39 is 17.8 Å². The summed E-state index contributed by atoms with van der Waals surface area (Å²) in [6.45, 7) is 1.04. The van der Waals surface area contributed by atoms with Crippen molar-refractivity contribution in [2.75, 3.05) is 40.5 Å². The first-order chi connectivity index (χ1) is 14.4. The van der Waals surface area contributed by atoms with Gasteiger partial charge in [0.05, 0.1) is 20.1 Å². The minimum atomic E-state index is -0.586. The summed E-state index contributed by atoms with van der Waals surface area (Å²) in [6, 6.07) is 6.92. The van der Waals surface area contributed by atoms with Gasteiger partial charge in [-0.2, -0.15) is 0 Å². The lowest BCUT2D eigenvalue weighted by atomic mass is 10.0. The predicted molar refractivity (Wildman–Crippen MR) is 107 cm³/mol. The summed E-state index contributed by atoms with van der Waals surface area (Å²) in [6.07, 6.45) is 3.53. The van der Waals surface area contributed by atoms with Crippen LogP contribution in [0.15, 0.2) is 42.5 Å². The Hall–Kier alpha value is -3.46. The Labute approximate surface area is 174 Å². The van der Waals surface area contributed by atoms with E-state index in [1.54, 1.807) is 31.4 Å². The van der Waals surface area contributed by atoms with Crippen LogP contribution in [-0.4, -0.2) is 69.1 Å². The topological polar surface area (TPSA) is 111 Å². The molecule has 0 spiro atoms. The van der Waals surface area contributed by atoms with Crippen molar-refractivity contribution in [3.8, 4) is 5.75 Å². The molecule has 1 aliphatic heterocycles. The molecule has 9 nitrogen and oxygen atoms in total. The maximum atomic E-state index is 12.3. The number of hydrogen-bond donors (Lipinski definition) is 1. The number of nitrogens with zero attached hydrogens (tertiary/aromatic N) is 1. The van der Waals surface area contributed by atoms with Crippen molar-refractivity contribution < 1.29 is 33.4 Å². The van der Waals surface area contributed by atoms with E-state index in [2.05, 4.69) is 10.1 Å². The third kappa shape index (κ3) is 6.85. The van der Waals surface area contributed by atoms with Crippen LogP contribution in [0.1, 0.15) is 12.0 Å². The van der Waals surface area contributed by atoms with E-state index in [0.29, 0.717) is 30.1 Å².